The molecule has 0 radical (unpaired) electrons. The Morgan fingerprint density at radius 2 is 1.02 bits per heavy atom. The maximum Gasteiger partial charge on any atom is 0.306 e. The largest absolute Gasteiger partial charge is 0.457 e. The molecular weight excluding hydrogens is 825 g/mol. The molecule has 2 aliphatic rings. The average molecular weight is 915 g/mol. The van der Waals surface area contributed by atoms with Crippen molar-refractivity contribution in [3.05, 3.63) is 36.5 Å². The highest BCUT2D eigenvalue weighted by atomic mass is 16.7. The second-order valence-electron chi connectivity index (χ2n) is 17.6. The molecule has 7 N–H and O–H groups in total. The smallest absolute Gasteiger partial charge is 0.306 e. The van der Waals surface area contributed by atoms with E-state index in [1.807, 2.05) is 0 Å². The molecule has 0 aromatic heterocycles. The van der Waals surface area contributed by atoms with E-state index in [4.69, 9.17) is 28.4 Å². The fraction of sp³-hybridized carbons (Fsp3) is 0.860. The first-order valence-electron chi connectivity index (χ1n) is 25.1. The number of esters is 1. The molecule has 0 saturated carbocycles. The summed E-state index contributed by atoms with van der Waals surface area (Å²) in [6, 6.07) is 0. The molecule has 0 aliphatic carbocycles. The van der Waals surface area contributed by atoms with E-state index in [2.05, 4.69) is 50.3 Å². The number of rotatable bonds is 39. The lowest BCUT2D eigenvalue weighted by Gasteiger charge is -2.42. The van der Waals surface area contributed by atoms with Gasteiger partial charge in [-0.25, -0.2) is 0 Å². The number of hydrogen-bond donors (Lipinski definition) is 7. The van der Waals surface area contributed by atoms with Gasteiger partial charge in [0.05, 0.1) is 26.4 Å². The Hall–Kier alpha value is -1.79. The quantitative estimate of drug-likeness (QED) is 0.0188. The van der Waals surface area contributed by atoms with Crippen molar-refractivity contribution in [2.75, 3.05) is 33.0 Å². The fourth-order valence-corrected chi connectivity index (χ4v) is 7.83. The van der Waals surface area contributed by atoms with Gasteiger partial charge in [-0.3, -0.25) is 4.79 Å². The molecule has 0 bridgehead atoms. The number of carbonyl (C=O) groups excluding carboxylic acids is 1. The summed E-state index contributed by atoms with van der Waals surface area (Å²) in [7, 11) is 0. The Labute approximate surface area is 385 Å². The molecule has 14 heteroatoms. The molecule has 0 aromatic rings. The van der Waals surface area contributed by atoms with Crippen LogP contribution in [0.2, 0.25) is 0 Å². The number of unbranched alkanes of at least 4 members (excludes halogenated alkanes) is 19. The lowest BCUT2D eigenvalue weighted by molar-refractivity contribution is -0.332. The van der Waals surface area contributed by atoms with Gasteiger partial charge in [-0.05, 0) is 44.9 Å². The fourth-order valence-electron chi connectivity index (χ4n) is 7.83. The van der Waals surface area contributed by atoms with Crippen LogP contribution in [0.4, 0.5) is 0 Å². The van der Waals surface area contributed by atoms with Crippen molar-refractivity contribution >= 4 is 5.97 Å². The molecule has 2 rings (SSSR count). The standard InChI is InChI=1S/C50H90O14/c1-3-5-7-9-11-13-15-17-19-21-23-25-27-29-31-33-42(52)62-39(36-59-34-32-30-28-26-24-22-20-18-16-14-12-10-8-6-4-2)37-60-49-48(58)46(56)44(54)41(64-49)38-61-50-47(57)45(55)43(53)40(35-51)63-50/h5,7,11,13,17,19,39-41,43-51,53-58H,3-4,6,8-10,12,14-16,18,20-38H2,1-2H3/b7-5-,13-11-,19-17-. The zero-order chi connectivity index (χ0) is 46.6. The molecule has 2 heterocycles. The van der Waals surface area contributed by atoms with E-state index in [1.165, 1.54) is 77.0 Å². The van der Waals surface area contributed by atoms with E-state index in [1.54, 1.807) is 0 Å². The second kappa shape index (κ2) is 38.2. The molecule has 0 aromatic carbocycles. The lowest BCUT2D eigenvalue weighted by Crippen LogP contribution is -2.61. The maximum atomic E-state index is 13.0. The summed E-state index contributed by atoms with van der Waals surface area (Å²) in [5, 5.41) is 72.1. The summed E-state index contributed by atoms with van der Waals surface area (Å²) in [6.07, 6.45) is 24.9. The normalized spacial score (nSPS) is 27.0. The zero-order valence-electron chi connectivity index (χ0n) is 39.5. The third-order valence-corrected chi connectivity index (χ3v) is 11.9. The number of ether oxygens (including phenoxy) is 6. The highest BCUT2D eigenvalue weighted by Crippen LogP contribution is 2.26. The molecule has 11 unspecified atom stereocenters. The second-order valence-corrected chi connectivity index (χ2v) is 17.6. The van der Waals surface area contributed by atoms with Crippen molar-refractivity contribution in [1.82, 2.24) is 0 Å². The van der Waals surface area contributed by atoms with E-state index >= 15 is 0 Å². The van der Waals surface area contributed by atoms with Crippen LogP contribution >= 0.6 is 0 Å². The average Bonchev–Trinajstić information content (AvgIpc) is 3.29. The zero-order valence-corrected chi connectivity index (χ0v) is 39.5. The van der Waals surface area contributed by atoms with Gasteiger partial charge in [-0.2, -0.15) is 0 Å². The van der Waals surface area contributed by atoms with Crippen molar-refractivity contribution < 1.29 is 69.0 Å². The molecule has 2 fully saturated rings. The number of allylic oxidation sites excluding steroid dienone is 6. The van der Waals surface area contributed by atoms with E-state index in [-0.39, 0.29) is 19.6 Å². The Balaban J connectivity index is 1.79. The minimum atomic E-state index is -1.71. The van der Waals surface area contributed by atoms with Gasteiger partial charge >= 0.3 is 5.97 Å². The van der Waals surface area contributed by atoms with Gasteiger partial charge in [0.1, 0.15) is 54.9 Å². The van der Waals surface area contributed by atoms with Crippen molar-refractivity contribution in [2.45, 2.75) is 242 Å². The maximum absolute atomic E-state index is 13.0. The van der Waals surface area contributed by atoms with E-state index in [9.17, 15) is 40.5 Å². The van der Waals surface area contributed by atoms with Crippen LogP contribution in [0, 0.1) is 0 Å². The number of hydrogen-bond acceptors (Lipinski definition) is 14. The van der Waals surface area contributed by atoms with Gasteiger partial charge < -0.3 is 64.2 Å². The number of carbonyl (C=O) groups is 1. The monoisotopic (exact) mass is 915 g/mol. The summed E-state index contributed by atoms with van der Waals surface area (Å²) in [5.41, 5.74) is 0. The summed E-state index contributed by atoms with van der Waals surface area (Å²) in [4.78, 5) is 13.0. The molecule has 2 saturated heterocycles. The van der Waals surface area contributed by atoms with E-state index in [0.717, 1.165) is 70.6 Å². The first-order valence-corrected chi connectivity index (χ1v) is 25.1. The molecule has 2 aliphatic heterocycles. The third-order valence-electron chi connectivity index (χ3n) is 11.9. The minimum absolute atomic E-state index is 0.0567. The van der Waals surface area contributed by atoms with Crippen LogP contribution in [0.3, 0.4) is 0 Å². The molecule has 14 nitrogen and oxygen atoms in total. The van der Waals surface area contributed by atoms with Crippen LogP contribution in [0.5, 0.6) is 0 Å². The van der Waals surface area contributed by atoms with Crippen LogP contribution in [0.15, 0.2) is 36.5 Å². The highest BCUT2D eigenvalue weighted by Gasteiger charge is 2.47. The van der Waals surface area contributed by atoms with Crippen LogP contribution in [-0.2, 0) is 33.2 Å². The van der Waals surface area contributed by atoms with E-state index in [0.29, 0.717) is 13.0 Å². The SMILES string of the molecule is CC/C=C\C/C=C\C/C=C\CCCCCCCC(=O)OC(COCCCCCCCCCCCCCCCCC)COC1OC(COC2OC(CO)C(O)C(O)C2O)C(O)C(O)C1O. The third kappa shape index (κ3) is 25.9. The predicted molar refractivity (Wildman–Crippen MR) is 247 cm³/mol. The summed E-state index contributed by atoms with van der Waals surface area (Å²) in [6.45, 7) is 3.56. The van der Waals surface area contributed by atoms with E-state index < -0.39 is 86.7 Å². The Bertz CT molecular complexity index is 1200. The van der Waals surface area contributed by atoms with Gasteiger partial charge in [-0.15, -0.1) is 0 Å². The van der Waals surface area contributed by atoms with Crippen LogP contribution in [-0.4, -0.2) is 142 Å². The first kappa shape index (κ1) is 58.3. The van der Waals surface area contributed by atoms with Gasteiger partial charge in [0.2, 0.25) is 0 Å². The molecule has 374 valence electrons. The van der Waals surface area contributed by atoms with Crippen molar-refractivity contribution in [3.8, 4) is 0 Å². The van der Waals surface area contributed by atoms with Crippen molar-refractivity contribution in [2.24, 2.45) is 0 Å². The van der Waals surface area contributed by atoms with Gasteiger partial charge in [0.25, 0.3) is 0 Å². The summed E-state index contributed by atoms with van der Waals surface area (Å²) >= 11 is 0. The Morgan fingerprint density at radius 3 is 1.59 bits per heavy atom. The Kier molecular flexibility index (Phi) is 34.8. The van der Waals surface area contributed by atoms with Crippen LogP contribution in [0.1, 0.15) is 174 Å². The van der Waals surface area contributed by atoms with Crippen molar-refractivity contribution in [3.63, 3.8) is 0 Å². The highest BCUT2D eigenvalue weighted by molar-refractivity contribution is 5.69. The molecule has 64 heavy (non-hydrogen) atoms. The van der Waals surface area contributed by atoms with Gasteiger partial charge in [0.15, 0.2) is 12.6 Å². The van der Waals surface area contributed by atoms with Crippen LogP contribution in [0.25, 0.3) is 0 Å². The topological polar surface area (TPSA) is 214 Å². The first-order chi connectivity index (χ1) is 31.1. The summed E-state index contributed by atoms with van der Waals surface area (Å²) in [5.74, 6) is -0.392. The molecule has 11 atom stereocenters. The lowest BCUT2D eigenvalue weighted by atomic mass is 9.98. The van der Waals surface area contributed by atoms with Crippen molar-refractivity contribution in [1.29, 1.82) is 0 Å². The van der Waals surface area contributed by atoms with Crippen LogP contribution < -0.4 is 0 Å². The molecule has 0 spiro atoms. The number of aliphatic hydroxyl groups excluding tert-OH is 7. The molecular formula is C50H90O14. The van der Waals surface area contributed by atoms with Gasteiger partial charge in [-0.1, -0.05) is 159 Å². The van der Waals surface area contributed by atoms with Gasteiger partial charge in [0, 0.05) is 13.0 Å². The molecule has 0 amide bonds. The number of aliphatic hydroxyl groups is 7. The predicted octanol–water partition coefficient (Wildman–Crippen LogP) is 7.02. The minimum Gasteiger partial charge on any atom is -0.457 e. The summed E-state index contributed by atoms with van der Waals surface area (Å²) < 4.78 is 34.2. The Morgan fingerprint density at radius 1 is 0.531 bits per heavy atom.